The third-order valence-corrected chi connectivity index (χ3v) is 7.39. The number of carbonyl (C=O) groups is 1. The number of rotatable bonds is 6. The van der Waals surface area contributed by atoms with Gasteiger partial charge in [0.15, 0.2) is 11.6 Å². The summed E-state index contributed by atoms with van der Waals surface area (Å²) in [7, 11) is 1.59. The Morgan fingerprint density at radius 2 is 1.85 bits per heavy atom. The van der Waals surface area contributed by atoms with E-state index in [1.165, 1.54) is 6.07 Å². The van der Waals surface area contributed by atoms with E-state index in [0.29, 0.717) is 36.6 Å². The fraction of sp³-hybridized carbons (Fsp3) is 0.281. The minimum absolute atomic E-state index is 0.0794. The summed E-state index contributed by atoms with van der Waals surface area (Å²) in [5, 5.41) is 0. The van der Waals surface area contributed by atoms with Crippen molar-refractivity contribution >= 4 is 22.8 Å². The first-order chi connectivity index (χ1) is 18.9. The molecule has 1 amide bonds. The van der Waals surface area contributed by atoms with Gasteiger partial charge in [0.1, 0.15) is 5.82 Å². The van der Waals surface area contributed by atoms with Crippen molar-refractivity contribution in [3.63, 3.8) is 0 Å². The van der Waals surface area contributed by atoms with Gasteiger partial charge in [-0.05, 0) is 72.7 Å². The molecule has 1 aromatic heterocycles. The fourth-order valence-electron chi connectivity index (χ4n) is 5.01. The molecule has 0 saturated heterocycles. The van der Waals surface area contributed by atoms with Gasteiger partial charge >= 0.3 is 0 Å². The Labute approximate surface area is 229 Å². The molecule has 0 N–H and O–H groups in total. The van der Waals surface area contributed by atoms with Gasteiger partial charge in [0.25, 0.3) is 0 Å². The van der Waals surface area contributed by atoms with Crippen LogP contribution in [0.5, 0.6) is 5.75 Å². The second-order valence-corrected chi connectivity index (χ2v) is 10.00. The second-order valence-electron chi connectivity index (χ2n) is 10.00. The van der Waals surface area contributed by atoms with Crippen molar-refractivity contribution in [2.75, 3.05) is 26.7 Å². The summed E-state index contributed by atoms with van der Waals surface area (Å²) in [6.45, 7) is 5.34. The van der Waals surface area contributed by atoms with Crippen LogP contribution < -0.4 is 4.74 Å². The third kappa shape index (κ3) is 5.93. The number of ether oxygens (including phenoxy) is 1. The maximum Gasteiger partial charge on any atom is 0.242 e. The van der Waals surface area contributed by atoms with Gasteiger partial charge < -0.3 is 14.5 Å². The minimum atomic E-state index is -0.210. The molecule has 0 aliphatic carbocycles. The summed E-state index contributed by atoms with van der Waals surface area (Å²) in [6, 6.07) is 15.5. The molecule has 2 aliphatic rings. The SMILES string of the molecule is COc1cnc(C2=CCN(C(=O)CN3C(c4ccccc4)=CC(c4ccc(F)c(C)c4)=CCC3C)CC2)nc1. The van der Waals surface area contributed by atoms with Gasteiger partial charge in [-0.1, -0.05) is 48.6 Å². The normalized spacial score (nSPS) is 17.6. The maximum atomic E-state index is 14.0. The predicted octanol–water partition coefficient (Wildman–Crippen LogP) is 5.77. The number of hydrogen-bond acceptors (Lipinski definition) is 5. The average Bonchev–Trinajstić information content (AvgIpc) is 3.14. The Morgan fingerprint density at radius 3 is 2.51 bits per heavy atom. The van der Waals surface area contributed by atoms with E-state index < -0.39 is 0 Å². The fourth-order valence-corrected chi connectivity index (χ4v) is 5.01. The van der Waals surface area contributed by atoms with Crippen LogP contribution in [0.2, 0.25) is 0 Å². The van der Waals surface area contributed by atoms with Crippen molar-refractivity contribution in [3.05, 3.63) is 107 Å². The lowest BCUT2D eigenvalue weighted by molar-refractivity contribution is -0.131. The summed E-state index contributed by atoms with van der Waals surface area (Å²) in [5.41, 5.74) is 5.69. The molecule has 6 nitrogen and oxygen atoms in total. The number of carbonyl (C=O) groups excluding carboxylic acids is 1. The molecule has 0 radical (unpaired) electrons. The Morgan fingerprint density at radius 1 is 1.08 bits per heavy atom. The minimum Gasteiger partial charge on any atom is -0.494 e. The van der Waals surface area contributed by atoms with Crippen LogP contribution in [0.25, 0.3) is 16.8 Å². The number of halogens is 1. The van der Waals surface area contributed by atoms with E-state index in [1.807, 2.05) is 41.3 Å². The van der Waals surface area contributed by atoms with Crippen LogP contribution in [0.1, 0.15) is 42.3 Å². The molecule has 0 fully saturated rings. The van der Waals surface area contributed by atoms with Crippen LogP contribution >= 0.6 is 0 Å². The molecule has 1 unspecified atom stereocenters. The molecule has 0 spiro atoms. The Bertz CT molecular complexity index is 1430. The molecule has 39 heavy (non-hydrogen) atoms. The highest BCUT2D eigenvalue weighted by atomic mass is 19.1. The van der Waals surface area contributed by atoms with Crippen molar-refractivity contribution in [3.8, 4) is 5.75 Å². The highest BCUT2D eigenvalue weighted by Crippen LogP contribution is 2.32. The monoisotopic (exact) mass is 524 g/mol. The van der Waals surface area contributed by atoms with Crippen molar-refractivity contribution in [2.45, 2.75) is 32.7 Å². The lowest BCUT2D eigenvalue weighted by Crippen LogP contribution is -2.44. The topological polar surface area (TPSA) is 58.6 Å². The molecule has 0 saturated carbocycles. The maximum absolute atomic E-state index is 14.0. The van der Waals surface area contributed by atoms with Crippen molar-refractivity contribution in [1.29, 1.82) is 0 Å². The van der Waals surface area contributed by atoms with Crippen LogP contribution in [0, 0.1) is 12.7 Å². The molecule has 2 aliphatic heterocycles. The van der Waals surface area contributed by atoms with Crippen LogP contribution in [0.3, 0.4) is 0 Å². The molecule has 3 heterocycles. The number of methoxy groups -OCH3 is 1. The first-order valence-corrected chi connectivity index (χ1v) is 13.3. The predicted molar refractivity (Wildman–Crippen MR) is 152 cm³/mol. The number of amides is 1. The van der Waals surface area contributed by atoms with Crippen molar-refractivity contribution in [2.24, 2.45) is 0 Å². The van der Waals surface area contributed by atoms with Crippen molar-refractivity contribution < 1.29 is 13.9 Å². The average molecular weight is 525 g/mol. The van der Waals surface area contributed by atoms with Gasteiger partial charge in [-0.25, -0.2) is 14.4 Å². The van der Waals surface area contributed by atoms with Gasteiger partial charge in [0.2, 0.25) is 5.91 Å². The van der Waals surface area contributed by atoms with E-state index in [-0.39, 0.29) is 24.3 Å². The Hall–Kier alpha value is -4.26. The van der Waals surface area contributed by atoms with E-state index in [2.05, 4.69) is 46.1 Å². The van der Waals surface area contributed by atoms with Gasteiger partial charge in [0.05, 0.1) is 26.0 Å². The number of allylic oxidation sites excluding steroid dienone is 2. The van der Waals surface area contributed by atoms with Gasteiger partial charge in [0, 0.05) is 24.8 Å². The lowest BCUT2D eigenvalue weighted by atomic mass is 10.00. The molecule has 2 aromatic carbocycles. The van der Waals surface area contributed by atoms with Crippen LogP contribution in [0.4, 0.5) is 4.39 Å². The smallest absolute Gasteiger partial charge is 0.242 e. The lowest BCUT2D eigenvalue weighted by Gasteiger charge is -2.35. The largest absolute Gasteiger partial charge is 0.494 e. The molecule has 200 valence electrons. The summed E-state index contributed by atoms with van der Waals surface area (Å²) >= 11 is 0. The highest BCUT2D eigenvalue weighted by molar-refractivity contribution is 5.87. The molecular formula is C32H33FN4O2. The Kier molecular flexibility index (Phi) is 7.87. The Balaban J connectivity index is 1.38. The van der Waals surface area contributed by atoms with E-state index in [0.717, 1.165) is 34.4 Å². The van der Waals surface area contributed by atoms with Crippen LogP contribution in [-0.4, -0.2) is 58.5 Å². The second kappa shape index (κ2) is 11.6. The quantitative estimate of drug-likeness (QED) is 0.410. The summed E-state index contributed by atoms with van der Waals surface area (Å²) in [4.78, 5) is 26.5. The van der Waals surface area contributed by atoms with Gasteiger partial charge in [-0.3, -0.25) is 4.79 Å². The highest BCUT2D eigenvalue weighted by Gasteiger charge is 2.27. The summed E-state index contributed by atoms with van der Waals surface area (Å²) in [5.74, 6) is 1.16. The number of nitrogens with zero attached hydrogens (tertiary/aromatic N) is 4. The van der Waals surface area contributed by atoms with Crippen LogP contribution in [0.15, 0.2) is 79.2 Å². The van der Waals surface area contributed by atoms with E-state index >= 15 is 0 Å². The van der Waals surface area contributed by atoms with E-state index in [9.17, 15) is 9.18 Å². The number of aryl methyl sites for hydroxylation is 1. The molecular weight excluding hydrogens is 491 g/mol. The zero-order chi connectivity index (χ0) is 27.4. The molecule has 3 aromatic rings. The summed E-state index contributed by atoms with van der Waals surface area (Å²) < 4.78 is 19.1. The van der Waals surface area contributed by atoms with E-state index in [1.54, 1.807) is 26.4 Å². The zero-order valence-electron chi connectivity index (χ0n) is 22.6. The first kappa shape index (κ1) is 26.4. The standard InChI is InChI=1S/C32H33FN4O2/c1-22-17-26(11-12-29(22)33)27-10-9-23(2)37(30(18-27)24-7-5-4-6-8-24)21-31(38)36-15-13-25(14-16-36)32-34-19-28(39-3)20-35-32/h4-8,10-13,17-20,23H,9,14-16,21H2,1-3H3. The number of benzene rings is 2. The van der Waals surface area contributed by atoms with Crippen molar-refractivity contribution in [1.82, 2.24) is 19.8 Å². The van der Waals surface area contributed by atoms with Gasteiger partial charge in [-0.2, -0.15) is 0 Å². The number of aromatic nitrogens is 2. The molecule has 7 heteroatoms. The van der Waals surface area contributed by atoms with Crippen LogP contribution in [-0.2, 0) is 4.79 Å². The van der Waals surface area contributed by atoms with Gasteiger partial charge in [-0.15, -0.1) is 0 Å². The van der Waals surface area contributed by atoms with E-state index in [4.69, 9.17) is 4.74 Å². The molecule has 1 atom stereocenters. The third-order valence-electron chi connectivity index (χ3n) is 7.39. The molecule has 5 rings (SSSR count). The first-order valence-electron chi connectivity index (χ1n) is 13.3. The molecule has 0 bridgehead atoms. The number of hydrogen-bond donors (Lipinski definition) is 0. The zero-order valence-corrected chi connectivity index (χ0v) is 22.6. The summed E-state index contributed by atoms with van der Waals surface area (Å²) in [6.07, 6.45) is 11.2.